The Hall–Kier alpha value is -1.27. The Labute approximate surface area is 115 Å². The molecule has 0 fully saturated rings. The topological polar surface area (TPSA) is 65.5 Å². The van der Waals surface area contributed by atoms with Gasteiger partial charge in [-0.2, -0.15) is 5.10 Å². The molecule has 1 aromatic rings. The SMILES string of the molecule is CCCc1nn(C)c(N(CCOC)CCOC)c1N. The second-order valence-corrected chi connectivity index (χ2v) is 4.53. The Morgan fingerprint density at radius 2 is 1.79 bits per heavy atom. The molecule has 0 spiro atoms. The Bertz CT molecular complexity index is 371. The molecular weight excluding hydrogens is 244 g/mol. The number of aryl methyl sites for hydroxylation is 2. The third-order valence-electron chi connectivity index (χ3n) is 3.05. The van der Waals surface area contributed by atoms with Crippen LogP contribution in [0.15, 0.2) is 0 Å². The minimum atomic E-state index is 0.650. The van der Waals surface area contributed by atoms with Gasteiger partial charge in [0.05, 0.1) is 24.6 Å². The molecule has 0 saturated carbocycles. The minimum absolute atomic E-state index is 0.650. The zero-order valence-corrected chi connectivity index (χ0v) is 12.5. The minimum Gasteiger partial charge on any atom is -0.394 e. The largest absolute Gasteiger partial charge is 0.394 e. The molecule has 19 heavy (non-hydrogen) atoms. The van der Waals surface area contributed by atoms with Gasteiger partial charge < -0.3 is 20.1 Å². The van der Waals surface area contributed by atoms with Crippen molar-refractivity contribution >= 4 is 11.5 Å². The predicted octanol–water partition coefficient (Wildman–Crippen LogP) is 1.05. The molecule has 0 atom stereocenters. The summed E-state index contributed by atoms with van der Waals surface area (Å²) in [4.78, 5) is 2.16. The van der Waals surface area contributed by atoms with Crippen LogP contribution in [-0.2, 0) is 22.9 Å². The van der Waals surface area contributed by atoms with Gasteiger partial charge >= 0.3 is 0 Å². The summed E-state index contributed by atoms with van der Waals surface area (Å²) >= 11 is 0. The van der Waals surface area contributed by atoms with Crippen LogP contribution in [0.25, 0.3) is 0 Å². The van der Waals surface area contributed by atoms with E-state index in [9.17, 15) is 0 Å². The molecule has 2 N–H and O–H groups in total. The molecule has 0 aliphatic heterocycles. The zero-order chi connectivity index (χ0) is 14.3. The molecule has 0 saturated heterocycles. The molecule has 6 nitrogen and oxygen atoms in total. The van der Waals surface area contributed by atoms with E-state index in [0.29, 0.717) is 13.2 Å². The fourth-order valence-electron chi connectivity index (χ4n) is 2.11. The number of anilines is 2. The fourth-order valence-corrected chi connectivity index (χ4v) is 2.11. The molecule has 110 valence electrons. The van der Waals surface area contributed by atoms with Crippen molar-refractivity contribution in [3.63, 3.8) is 0 Å². The summed E-state index contributed by atoms with van der Waals surface area (Å²) in [5.41, 5.74) is 7.97. The van der Waals surface area contributed by atoms with E-state index in [1.54, 1.807) is 14.2 Å². The van der Waals surface area contributed by atoms with Gasteiger partial charge in [-0.05, 0) is 6.42 Å². The van der Waals surface area contributed by atoms with Gasteiger partial charge in [0.1, 0.15) is 0 Å². The maximum Gasteiger partial charge on any atom is 0.150 e. The van der Waals surface area contributed by atoms with Crippen LogP contribution in [0.2, 0.25) is 0 Å². The van der Waals surface area contributed by atoms with Crippen molar-refractivity contribution in [2.75, 3.05) is 51.2 Å². The summed E-state index contributed by atoms with van der Waals surface area (Å²) < 4.78 is 12.2. The van der Waals surface area contributed by atoms with Crippen LogP contribution in [0.4, 0.5) is 11.5 Å². The summed E-state index contributed by atoms with van der Waals surface area (Å²) in [6.07, 6.45) is 1.94. The molecule has 6 heteroatoms. The number of nitrogen functional groups attached to an aromatic ring is 1. The monoisotopic (exact) mass is 270 g/mol. The molecule has 0 aliphatic carbocycles. The molecule has 0 bridgehead atoms. The van der Waals surface area contributed by atoms with Crippen molar-refractivity contribution in [3.05, 3.63) is 5.69 Å². The predicted molar refractivity (Wildman–Crippen MR) is 77.6 cm³/mol. The average molecular weight is 270 g/mol. The maximum atomic E-state index is 6.23. The average Bonchev–Trinajstić information content (AvgIpc) is 2.66. The third kappa shape index (κ3) is 4.11. The van der Waals surface area contributed by atoms with E-state index in [1.807, 2.05) is 11.7 Å². The Morgan fingerprint density at radius 1 is 1.21 bits per heavy atom. The molecule has 1 aromatic heterocycles. The van der Waals surface area contributed by atoms with Crippen LogP contribution in [-0.4, -0.2) is 50.3 Å². The van der Waals surface area contributed by atoms with Crippen molar-refractivity contribution < 1.29 is 9.47 Å². The second-order valence-electron chi connectivity index (χ2n) is 4.53. The van der Waals surface area contributed by atoms with Crippen LogP contribution >= 0.6 is 0 Å². The number of hydrogen-bond acceptors (Lipinski definition) is 5. The summed E-state index contributed by atoms with van der Waals surface area (Å²) in [6.45, 7) is 4.97. The van der Waals surface area contributed by atoms with Gasteiger partial charge in [0.2, 0.25) is 0 Å². The number of methoxy groups -OCH3 is 2. The molecular formula is C13H26N4O2. The standard InChI is InChI=1S/C13H26N4O2/c1-5-6-11-12(14)13(16(2)15-11)17(7-9-18-3)8-10-19-4/h5-10,14H2,1-4H3. The molecule has 1 heterocycles. The Balaban J connectivity index is 2.92. The van der Waals surface area contributed by atoms with Crippen LogP contribution < -0.4 is 10.6 Å². The third-order valence-corrected chi connectivity index (χ3v) is 3.05. The molecule has 0 amide bonds. The van der Waals surface area contributed by atoms with E-state index in [4.69, 9.17) is 15.2 Å². The summed E-state index contributed by atoms with van der Waals surface area (Å²) in [7, 11) is 5.32. The smallest absolute Gasteiger partial charge is 0.150 e. The van der Waals surface area contributed by atoms with Crippen molar-refractivity contribution in [2.24, 2.45) is 7.05 Å². The summed E-state index contributed by atoms with van der Waals surface area (Å²) in [6, 6.07) is 0. The Morgan fingerprint density at radius 3 is 2.26 bits per heavy atom. The number of rotatable bonds is 9. The molecule has 0 aromatic carbocycles. The first-order valence-corrected chi connectivity index (χ1v) is 6.69. The lowest BCUT2D eigenvalue weighted by molar-refractivity contribution is 0.189. The first-order chi connectivity index (χ1) is 9.15. The lowest BCUT2D eigenvalue weighted by Gasteiger charge is -2.24. The number of nitrogens with two attached hydrogens (primary N) is 1. The van der Waals surface area contributed by atoms with Gasteiger partial charge in [-0.15, -0.1) is 0 Å². The van der Waals surface area contributed by atoms with Crippen LogP contribution in [0.3, 0.4) is 0 Å². The second kappa shape index (κ2) is 8.01. The lowest BCUT2D eigenvalue weighted by atomic mass is 10.2. The maximum absolute atomic E-state index is 6.23. The van der Waals surface area contributed by atoms with Gasteiger partial charge in [-0.25, -0.2) is 0 Å². The quantitative estimate of drug-likeness (QED) is 0.726. The lowest BCUT2D eigenvalue weighted by Crippen LogP contribution is -2.32. The molecule has 0 aliphatic rings. The van der Waals surface area contributed by atoms with Gasteiger partial charge in [-0.1, -0.05) is 13.3 Å². The van der Waals surface area contributed by atoms with Crippen LogP contribution in [0.1, 0.15) is 19.0 Å². The van der Waals surface area contributed by atoms with E-state index in [1.165, 1.54) is 0 Å². The van der Waals surface area contributed by atoms with E-state index in [0.717, 1.165) is 43.1 Å². The van der Waals surface area contributed by atoms with E-state index < -0.39 is 0 Å². The van der Waals surface area contributed by atoms with Crippen molar-refractivity contribution in [1.29, 1.82) is 0 Å². The number of ether oxygens (including phenoxy) is 2. The molecule has 0 radical (unpaired) electrons. The van der Waals surface area contributed by atoms with Gasteiger partial charge in [0, 0.05) is 34.4 Å². The van der Waals surface area contributed by atoms with Crippen molar-refractivity contribution in [2.45, 2.75) is 19.8 Å². The van der Waals surface area contributed by atoms with E-state index >= 15 is 0 Å². The molecule has 1 rings (SSSR count). The van der Waals surface area contributed by atoms with Gasteiger partial charge in [-0.3, -0.25) is 4.68 Å². The number of aromatic nitrogens is 2. The van der Waals surface area contributed by atoms with Gasteiger partial charge in [0.15, 0.2) is 5.82 Å². The first kappa shape index (κ1) is 15.8. The summed E-state index contributed by atoms with van der Waals surface area (Å²) in [5, 5.41) is 4.51. The molecule has 0 unspecified atom stereocenters. The zero-order valence-electron chi connectivity index (χ0n) is 12.5. The normalized spacial score (nSPS) is 10.9. The highest BCUT2D eigenvalue weighted by Gasteiger charge is 2.18. The highest BCUT2D eigenvalue weighted by molar-refractivity contribution is 5.66. The van der Waals surface area contributed by atoms with Crippen LogP contribution in [0.5, 0.6) is 0 Å². The highest BCUT2D eigenvalue weighted by atomic mass is 16.5. The van der Waals surface area contributed by atoms with Crippen molar-refractivity contribution in [1.82, 2.24) is 9.78 Å². The van der Waals surface area contributed by atoms with E-state index in [2.05, 4.69) is 16.9 Å². The fraction of sp³-hybridized carbons (Fsp3) is 0.769. The van der Waals surface area contributed by atoms with Gasteiger partial charge in [0.25, 0.3) is 0 Å². The summed E-state index contributed by atoms with van der Waals surface area (Å²) in [5.74, 6) is 0.956. The number of nitrogens with zero attached hydrogens (tertiary/aromatic N) is 3. The van der Waals surface area contributed by atoms with Crippen molar-refractivity contribution in [3.8, 4) is 0 Å². The van der Waals surface area contributed by atoms with E-state index in [-0.39, 0.29) is 0 Å². The number of hydrogen-bond donors (Lipinski definition) is 1. The van der Waals surface area contributed by atoms with Crippen LogP contribution in [0, 0.1) is 0 Å². The first-order valence-electron chi connectivity index (χ1n) is 6.69. The Kier molecular flexibility index (Phi) is 6.66. The highest BCUT2D eigenvalue weighted by Crippen LogP contribution is 2.26.